The summed E-state index contributed by atoms with van der Waals surface area (Å²) in [4.78, 5) is 34.5. The zero-order valence-corrected chi connectivity index (χ0v) is 18.4. The lowest BCUT2D eigenvalue weighted by Gasteiger charge is -2.34. The molecule has 33 heavy (non-hydrogen) atoms. The highest BCUT2D eigenvalue weighted by molar-refractivity contribution is 5.97. The Kier molecular flexibility index (Phi) is 5.93. The first-order chi connectivity index (χ1) is 16.0. The molecule has 0 atom stereocenters. The van der Waals surface area contributed by atoms with Gasteiger partial charge in [-0.2, -0.15) is 0 Å². The van der Waals surface area contributed by atoms with E-state index in [-0.39, 0.29) is 11.5 Å². The van der Waals surface area contributed by atoms with Crippen molar-refractivity contribution in [3.63, 3.8) is 0 Å². The molecule has 2 aromatic carbocycles. The Bertz CT molecular complexity index is 1270. The van der Waals surface area contributed by atoms with Crippen LogP contribution in [-0.4, -0.2) is 51.4 Å². The van der Waals surface area contributed by atoms with E-state index in [1.165, 1.54) is 6.07 Å². The minimum Gasteiger partial charge on any atom is -0.336 e. The van der Waals surface area contributed by atoms with Gasteiger partial charge in [0.15, 0.2) is 11.6 Å². The zero-order valence-electron chi connectivity index (χ0n) is 18.4. The average Bonchev–Trinajstić information content (AvgIpc) is 3.08. The van der Waals surface area contributed by atoms with Crippen LogP contribution in [0.25, 0.3) is 10.9 Å². The Balaban J connectivity index is 1.30. The number of halogens is 2. The molecule has 6 nitrogen and oxygen atoms in total. The molecule has 5 rings (SSSR count). The summed E-state index contributed by atoms with van der Waals surface area (Å²) < 4.78 is 29.2. The van der Waals surface area contributed by atoms with Gasteiger partial charge in [-0.3, -0.25) is 19.1 Å². The van der Waals surface area contributed by atoms with E-state index >= 15 is 0 Å². The van der Waals surface area contributed by atoms with Crippen LogP contribution >= 0.6 is 0 Å². The van der Waals surface area contributed by atoms with Gasteiger partial charge >= 0.3 is 0 Å². The number of aryl methyl sites for hydroxylation is 1. The summed E-state index contributed by atoms with van der Waals surface area (Å²) in [5.41, 5.74) is 1.37. The van der Waals surface area contributed by atoms with Crippen molar-refractivity contribution in [2.75, 3.05) is 26.2 Å². The number of piperazine rings is 1. The summed E-state index contributed by atoms with van der Waals surface area (Å²) in [6, 6.07) is 9.33. The van der Waals surface area contributed by atoms with Gasteiger partial charge < -0.3 is 4.90 Å². The summed E-state index contributed by atoms with van der Waals surface area (Å²) >= 11 is 0. The third kappa shape index (κ3) is 4.27. The number of carbonyl (C=O) groups excluding carboxylic acids is 1. The quantitative estimate of drug-likeness (QED) is 0.612. The summed E-state index contributed by atoms with van der Waals surface area (Å²) in [7, 11) is 0. The van der Waals surface area contributed by atoms with Gasteiger partial charge in [0.2, 0.25) is 0 Å². The van der Waals surface area contributed by atoms with E-state index in [0.717, 1.165) is 37.6 Å². The summed E-state index contributed by atoms with van der Waals surface area (Å²) in [5, 5.41) is 0.541. The molecule has 1 amide bonds. The summed E-state index contributed by atoms with van der Waals surface area (Å²) in [5.74, 6) is -0.964. The maximum Gasteiger partial charge on any atom is 0.261 e. The molecule has 3 aromatic rings. The molecule has 0 radical (unpaired) electrons. The molecule has 0 saturated carbocycles. The second-order valence-electron chi connectivity index (χ2n) is 8.81. The van der Waals surface area contributed by atoms with Crippen molar-refractivity contribution < 1.29 is 13.6 Å². The molecule has 1 saturated heterocycles. The number of hydrogen-bond donors (Lipinski definition) is 0. The molecular weight excluding hydrogens is 426 g/mol. The molecule has 0 N–H and O–H groups in total. The fraction of sp³-hybridized carbons (Fsp3) is 0.400. The maximum absolute atomic E-state index is 14.0. The predicted octanol–water partition coefficient (Wildman–Crippen LogP) is 3.36. The molecule has 172 valence electrons. The highest BCUT2D eigenvalue weighted by atomic mass is 19.2. The van der Waals surface area contributed by atoms with Crippen LogP contribution in [0, 0.1) is 11.6 Å². The number of benzene rings is 2. The molecule has 0 unspecified atom stereocenters. The van der Waals surface area contributed by atoms with Crippen LogP contribution in [0.3, 0.4) is 0 Å². The Hall–Kier alpha value is -3.13. The van der Waals surface area contributed by atoms with Gasteiger partial charge in [0.1, 0.15) is 5.82 Å². The first-order valence-electron chi connectivity index (χ1n) is 11.5. The molecule has 8 heteroatoms. The number of nitrogens with zero attached hydrogens (tertiary/aromatic N) is 4. The maximum atomic E-state index is 14.0. The minimum atomic E-state index is -0.845. The van der Waals surface area contributed by atoms with Crippen molar-refractivity contribution in [1.29, 1.82) is 0 Å². The van der Waals surface area contributed by atoms with Gasteiger partial charge in [0, 0.05) is 56.8 Å². The van der Waals surface area contributed by atoms with Crippen molar-refractivity contribution in [3.05, 3.63) is 75.3 Å². The molecule has 0 aliphatic carbocycles. The molecule has 2 aliphatic rings. The standard InChI is InChI=1S/C25H26F2N4O2/c26-20-6-4-5-18(23(20)27)16-29-11-13-30(14-12-29)24(32)17-8-9-19-21(15-17)28-22-7-2-1-3-10-31(22)25(19)33/h4-6,8-9,15H,1-3,7,10-14,16H2. The van der Waals surface area contributed by atoms with Gasteiger partial charge in [-0.05, 0) is 37.1 Å². The molecule has 3 heterocycles. The highest BCUT2D eigenvalue weighted by Gasteiger charge is 2.24. The number of fused-ring (bicyclic) bond motifs is 2. The van der Waals surface area contributed by atoms with E-state index < -0.39 is 11.6 Å². The SMILES string of the molecule is O=C(c1ccc2c(=O)n3c(nc2c1)CCCCC3)N1CCN(Cc2cccc(F)c2F)CC1. The van der Waals surface area contributed by atoms with Crippen molar-refractivity contribution >= 4 is 16.8 Å². The Morgan fingerprint density at radius 1 is 0.970 bits per heavy atom. The van der Waals surface area contributed by atoms with Crippen LogP contribution in [0.4, 0.5) is 8.78 Å². The Morgan fingerprint density at radius 3 is 2.61 bits per heavy atom. The molecule has 0 spiro atoms. The number of aromatic nitrogens is 2. The minimum absolute atomic E-state index is 0.0332. The highest BCUT2D eigenvalue weighted by Crippen LogP contribution is 2.19. The van der Waals surface area contributed by atoms with E-state index in [1.54, 1.807) is 33.7 Å². The molecule has 2 aliphatic heterocycles. The molecular formula is C25H26F2N4O2. The first kappa shape index (κ1) is 21.7. The van der Waals surface area contributed by atoms with E-state index in [1.807, 2.05) is 4.90 Å². The lowest BCUT2D eigenvalue weighted by atomic mass is 10.1. The van der Waals surface area contributed by atoms with Crippen LogP contribution in [0.1, 0.15) is 41.0 Å². The van der Waals surface area contributed by atoms with E-state index in [2.05, 4.69) is 0 Å². The zero-order chi connectivity index (χ0) is 22.9. The Labute approximate surface area is 190 Å². The Morgan fingerprint density at radius 2 is 1.79 bits per heavy atom. The lowest BCUT2D eigenvalue weighted by Crippen LogP contribution is -2.48. The van der Waals surface area contributed by atoms with E-state index in [0.29, 0.717) is 61.3 Å². The van der Waals surface area contributed by atoms with Gasteiger partial charge in [0.25, 0.3) is 11.5 Å². The van der Waals surface area contributed by atoms with Gasteiger partial charge in [-0.15, -0.1) is 0 Å². The van der Waals surface area contributed by atoms with Crippen LogP contribution in [0.5, 0.6) is 0 Å². The topological polar surface area (TPSA) is 58.4 Å². The fourth-order valence-corrected chi connectivity index (χ4v) is 4.75. The van der Waals surface area contributed by atoms with Gasteiger partial charge in [-0.1, -0.05) is 18.6 Å². The van der Waals surface area contributed by atoms with Crippen LogP contribution < -0.4 is 5.56 Å². The molecule has 1 fully saturated rings. The van der Waals surface area contributed by atoms with Crippen LogP contribution in [0.2, 0.25) is 0 Å². The lowest BCUT2D eigenvalue weighted by molar-refractivity contribution is 0.0627. The van der Waals surface area contributed by atoms with Gasteiger partial charge in [-0.25, -0.2) is 13.8 Å². The van der Waals surface area contributed by atoms with Crippen molar-refractivity contribution in [1.82, 2.24) is 19.4 Å². The smallest absolute Gasteiger partial charge is 0.261 e. The first-order valence-corrected chi connectivity index (χ1v) is 11.5. The molecule has 0 bridgehead atoms. The van der Waals surface area contributed by atoms with Crippen LogP contribution in [-0.2, 0) is 19.5 Å². The van der Waals surface area contributed by atoms with E-state index in [4.69, 9.17) is 4.98 Å². The third-order valence-corrected chi connectivity index (χ3v) is 6.65. The van der Waals surface area contributed by atoms with E-state index in [9.17, 15) is 18.4 Å². The normalized spacial score (nSPS) is 17.1. The number of hydrogen-bond acceptors (Lipinski definition) is 4. The fourth-order valence-electron chi connectivity index (χ4n) is 4.75. The van der Waals surface area contributed by atoms with Gasteiger partial charge in [0.05, 0.1) is 10.9 Å². The monoisotopic (exact) mass is 452 g/mol. The number of rotatable bonds is 3. The second kappa shape index (κ2) is 9.02. The number of amides is 1. The summed E-state index contributed by atoms with van der Waals surface area (Å²) in [6.07, 6.45) is 3.85. The second-order valence-corrected chi connectivity index (χ2v) is 8.81. The van der Waals surface area contributed by atoms with Crippen molar-refractivity contribution in [2.45, 2.75) is 38.8 Å². The largest absolute Gasteiger partial charge is 0.336 e. The van der Waals surface area contributed by atoms with Crippen molar-refractivity contribution in [2.24, 2.45) is 0 Å². The van der Waals surface area contributed by atoms with Crippen LogP contribution in [0.15, 0.2) is 41.2 Å². The molecule has 1 aromatic heterocycles. The number of carbonyl (C=O) groups is 1. The van der Waals surface area contributed by atoms with Crippen molar-refractivity contribution in [3.8, 4) is 0 Å². The predicted molar refractivity (Wildman–Crippen MR) is 121 cm³/mol. The average molecular weight is 453 g/mol. The summed E-state index contributed by atoms with van der Waals surface area (Å²) in [6.45, 7) is 3.13. The third-order valence-electron chi connectivity index (χ3n) is 6.65.